The van der Waals surface area contributed by atoms with Crippen LogP contribution in [0.2, 0.25) is 10.0 Å². The summed E-state index contributed by atoms with van der Waals surface area (Å²) in [6, 6.07) is 5.65. The molecule has 1 aromatic carbocycles. The first-order valence-corrected chi connectivity index (χ1v) is 10.2. The van der Waals surface area contributed by atoms with Gasteiger partial charge in [0, 0.05) is 25.6 Å². The molecule has 0 aliphatic carbocycles. The number of benzene rings is 1. The normalized spacial score (nSPS) is 22.7. The van der Waals surface area contributed by atoms with E-state index >= 15 is 0 Å². The lowest BCUT2D eigenvalue weighted by Crippen LogP contribution is -2.29. The van der Waals surface area contributed by atoms with Crippen molar-refractivity contribution in [3.63, 3.8) is 0 Å². The van der Waals surface area contributed by atoms with Crippen molar-refractivity contribution in [1.82, 2.24) is 10.0 Å². The average molecular weight is 381 g/mol. The van der Waals surface area contributed by atoms with Crippen molar-refractivity contribution >= 4 is 33.2 Å². The molecule has 1 saturated heterocycles. The Morgan fingerprint density at radius 2 is 2.13 bits per heavy atom. The van der Waals surface area contributed by atoms with E-state index < -0.39 is 10.0 Å². The highest BCUT2D eigenvalue weighted by molar-refractivity contribution is 7.88. The van der Waals surface area contributed by atoms with E-state index in [0.717, 1.165) is 37.8 Å². The third-order valence-corrected chi connectivity index (χ3v) is 5.29. The number of hydrogen-bond acceptors (Lipinski definition) is 4. The van der Waals surface area contributed by atoms with E-state index in [-0.39, 0.29) is 12.0 Å². The number of halogens is 2. The van der Waals surface area contributed by atoms with Crippen molar-refractivity contribution in [3.05, 3.63) is 33.8 Å². The van der Waals surface area contributed by atoms with Crippen LogP contribution in [0.4, 0.5) is 0 Å². The quantitative estimate of drug-likeness (QED) is 0.743. The molecule has 130 valence electrons. The van der Waals surface area contributed by atoms with Gasteiger partial charge < -0.3 is 10.1 Å². The van der Waals surface area contributed by atoms with E-state index in [0.29, 0.717) is 23.2 Å². The Balaban J connectivity index is 2.02. The molecule has 0 aromatic heterocycles. The number of nitrogens with one attached hydrogen (secondary N) is 2. The molecule has 5 nitrogen and oxygen atoms in total. The first-order valence-electron chi connectivity index (χ1n) is 7.59. The van der Waals surface area contributed by atoms with Crippen LogP contribution in [0.25, 0.3) is 0 Å². The van der Waals surface area contributed by atoms with Gasteiger partial charge in [-0.2, -0.15) is 0 Å². The van der Waals surface area contributed by atoms with Crippen molar-refractivity contribution in [2.24, 2.45) is 0 Å². The number of ether oxygens (including phenoxy) is 1. The summed E-state index contributed by atoms with van der Waals surface area (Å²) in [5.41, 5.74) is 1.08. The summed E-state index contributed by atoms with van der Waals surface area (Å²) in [5, 5.41) is 4.43. The second kappa shape index (κ2) is 8.65. The molecule has 1 fully saturated rings. The summed E-state index contributed by atoms with van der Waals surface area (Å²) in [4.78, 5) is 0. The fraction of sp³-hybridized carbons (Fsp3) is 0.600. The van der Waals surface area contributed by atoms with Gasteiger partial charge in [-0.3, -0.25) is 0 Å². The highest BCUT2D eigenvalue weighted by Gasteiger charge is 2.26. The summed E-state index contributed by atoms with van der Waals surface area (Å²) in [5.74, 6) is 0.158. The molecular weight excluding hydrogens is 359 g/mol. The maximum absolute atomic E-state index is 11.1. The van der Waals surface area contributed by atoms with Crippen molar-refractivity contribution in [1.29, 1.82) is 0 Å². The molecule has 0 bridgehead atoms. The topological polar surface area (TPSA) is 67.4 Å². The zero-order valence-electron chi connectivity index (χ0n) is 13.0. The summed E-state index contributed by atoms with van der Waals surface area (Å²) in [6.07, 6.45) is 2.67. The van der Waals surface area contributed by atoms with Gasteiger partial charge in [-0.25, -0.2) is 13.1 Å². The maximum atomic E-state index is 11.1. The Labute approximate surface area is 147 Å². The lowest BCUT2D eigenvalue weighted by atomic mass is 9.90. The second-order valence-electron chi connectivity index (χ2n) is 5.70. The molecule has 23 heavy (non-hydrogen) atoms. The largest absolute Gasteiger partial charge is 0.376 e. The molecule has 1 aliphatic rings. The second-order valence-corrected chi connectivity index (χ2v) is 8.35. The summed E-state index contributed by atoms with van der Waals surface area (Å²) in [7, 11) is -3.15. The van der Waals surface area contributed by atoms with Crippen LogP contribution < -0.4 is 10.0 Å². The van der Waals surface area contributed by atoms with E-state index in [1.807, 2.05) is 12.1 Å². The van der Waals surface area contributed by atoms with Gasteiger partial charge in [-0.15, -0.1) is 0 Å². The van der Waals surface area contributed by atoms with E-state index in [1.54, 1.807) is 6.07 Å². The Morgan fingerprint density at radius 3 is 2.83 bits per heavy atom. The van der Waals surface area contributed by atoms with E-state index in [4.69, 9.17) is 27.9 Å². The minimum atomic E-state index is -3.15. The molecule has 0 amide bonds. The SMILES string of the molecule is CS(=O)(=O)NCCCC1OCCNCC1c1ccc(Cl)c(Cl)c1. The zero-order chi connectivity index (χ0) is 16.9. The first kappa shape index (κ1) is 19.0. The summed E-state index contributed by atoms with van der Waals surface area (Å²) < 4.78 is 30.7. The predicted molar refractivity (Wildman–Crippen MR) is 93.9 cm³/mol. The van der Waals surface area contributed by atoms with Gasteiger partial charge in [0.05, 0.1) is 29.0 Å². The van der Waals surface area contributed by atoms with Crippen molar-refractivity contribution in [3.8, 4) is 0 Å². The Hall–Kier alpha value is -0.370. The Morgan fingerprint density at radius 1 is 1.35 bits per heavy atom. The average Bonchev–Trinajstić information content (AvgIpc) is 2.71. The molecule has 2 atom stereocenters. The van der Waals surface area contributed by atoms with Crippen molar-refractivity contribution in [2.45, 2.75) is 24.9 Å². The highest BCUT2D eigenvalue weighted by atomic mass is 35.5. The minimum Gasteiger partial charge on any atom is -0.376 e. The van der Waals surface area contributed by atoms with Crippen LogP contribution in [-0.2, 0) is 14.8 Å². The third-order valence-electron chi connectivity index (χ3n) is 3.83. The molecule has 1 aromatic rings. The number of rotatable bonds is 6. The van der Waals surface area contributed by atoms with Gasteiger partial charge in [0.25, 0.3) is 0 Å². The highest BCUT2D eigenvalue weighted by Crippen LogP contribution is 2.31. The molecule has 0 spiro atoms. The first-order chi connectivity index (χ1) is 10.9. The zero-order valence-corrected chi connectivity index (χ0v) is 15.3. The van der Waals surface area contributed by atoms with Crippen LogP contribution >= 0.6 is 23.2 Å². The standard InChI is InChI=1S/C15H22Cl2N2O3S/c1-23(20,21)19-6-2-3-15-12(10-18-7-8-22-15)11-4-5-13(16)14(17)9-11/h4-5,9,12,15,18-19H,2-3,6-8,10H2,1H3. The summed E-state index contributed by atoms with van der Waals surface area (Å²) >= 11 is 12.1. The molecular formula is C15H22Cl2N2O3S. The van der Waals surface area contributed by atoms with Gasteiger partial charge in [0.15, 0.2) is 0 Å². The lowest BCUT2D eigenvalue weighted by Gasteiger charge is -2.25. The van der Waals surface area contributed by atoms with Crippen molar-refractivity contribution < 1.29 is 13.2 Å². The number of hydrogen-bond donors (Lipinski definition) is 2. The van der Waals surface area contributed by atoms with Gasteiger partial charge in [-0.1, -0.05) is 29.3 Å². The molecule has 2 rings (SSSR count). The lowest BCUT2D eigenvalue weighted by molar-refractivity contribution is 0.0450. The van der Waals surface area contributed by atoms with Crippen LogP contribution in [0.5, 0.6) is 0 Å². The Kier molecular flexibility index (Phi) is 7.13. The maximum Gasteiger partial charge on any atom is 0.208 e. The van der Waals surface area contributed by atoms with E-state index in [9.17, 15) is 8.42 Å². The van der Waals surface area contributed by atoms with Crippen LogP contribution in [-0.4, -0.2) is 47.0 Å². The molecule has 1 aliphatic heterocycles. The van der Waals surface area contributed by atoms with Gasteiger partial charge >= 0.3 is 0 Å². The summed E-state index contributed by atoms with van der Waals surface area (Å²) in [6.45, 7) is 2.65. The number of sulfonamides is 1. The van der Waals surface area contributed by atoms with Gasteiger partial charge in [0.2, 0.25) is 10.0 Å². The van der Waals surface area contributed by atoms with Crippen LogP contribution in [0.1, 0.15) is 24.3 Å². The third kappa shape index (κ3) is 6.21. The molecule has 8 heteroatoms. The molecule has 2 N–H and O–H groups in total. The predicted octanol–water partition coefficient (Wildman–Crippen LogP) is 2.39. The molecule has 0 radical (unpaired) electrons. The van der Waals surface area contributed by atoms with E-state index in [1.165, 1.54) is 0 Å². The van der Waals surface area contributed by atoms with Gasteiger partial charge in [-0.05, 0) is 30.5 Å². The van der Waals surface area contributed by atoms with Gasteiger partial charge in [0.1, 0.15) is 0 Å². The molecule has 0 saturated carbocycles. The molecule has 1 heterocycles. The van der Waals surface area contributed by atoms with Crippen LogP contribution in [0.15, 0.2) is 18.2 Å². The minimum absolute atomic E-state index is 0.0172. The monoisotopic (exact) mass is 380 g/mol. The van der Waals surface area contributed by atoms with Crippen LogP contribution in [0.3, 0.4) is 0 Å². The fourth-order valence-corrected chi connectivity index (χ4v) is 3.53. The fourth-order valence-electron chi connectivity index (χ4n) is 2.71. The smallest absolute Gasteiger partial charge is 0.208 e. The molecule has 2 unspecified atom stereocenters. The van der Waals surface area contributed by atoms with Crippen molar-refractivity contribution in [2.75, 3.05) is 32.5 Å². The van der Waals surface area contributed by atoms with E-state index in [2.05, 4.69) is 10.0 Å². The van der Waals surface area contributed by atoms with Crippen LogP contribution in [0, 0.1) is 0 Å². The Bertz CT molecular complexity index is 625.